The summed E-state index contributed by atoms with van der Waals surface area (Å²) >= 11 is 14.0. The van der Waals surface area contributed by atoms with Crippen molar-refractivity contribution in [1.29, 1.82) is 0 Å². The van der Waals surface area contributed by atoms with Gasteiger partial charge in [-0.1, -0.05) is 42.3 Å². The van der Waals surface area contributed by atoms with Crippen LogP contribution in [0.1, 0.15) is 30.0 Å². The van der Waals surface area contributed by atoms with Gasteiger partial charge in [-0.15, -0.1) is 0 Å². The average Bonchev–Trinajstić information content (AvgIpc) is 2.64. The van der Waals surface area contributed by atoms with Gasteiger partial charge in [0.25, 0.3) is 5.91 Å². The molecule has 2 rings (SSSR count). The third-order valence-electron chi connectivity index (χ3n) is 4.27. The Hall–Kier alpha value is -1.36. The lowest BCUT2D eigenvalue weighted by Gasteiger charge is -2.18. The molecule has 1 atom stereocenters. The predicted octanol–water partition coefficient (Wildman–Crippen LogP) is 5.82. The molecule has 0 spiro atoms. The molecule has 6 heteroatoms. The highest BCUT2D eigenvalue weighted by atomic mass is 35.5. The summed E-state index contributed by atoms with van der Waals surface area (Å²) in [7, 11) is 0. The van der Waals surface area contributed by atoms with Gasteiger partial charge in [0, 0.05) is 28.1 Å². The van der Waals surface area contributed by atoms with Crippen molar-refractivity contribution >= 4 is 40.9 Å². The Balaban J connectivity index is 1.77. The van der Waals surface area contributed by atoms with E-state index in [4.69, 9.17) is 27.9 Å². The van der Waals surface area contributed by atoms with Crippen molar-refractivity contribution in [1.82, 2.24) is 5.32 Å². The maximum atomic E-state index is 12.4. The number of carbonyl (C=O) groups is 1. The van der Waals surface area contributed by atoms with Crippen molar-refractivity contribution in [2.24, 2.45) is 0 Å². The zero-order chi connectivity index (χ0) is 19.8. The van der Waals surface area contributed by atoms with E-state index in [1.165, 1.54) is 5.56 Å². The highest BCUT2D eigenvalue weighted by Gasteiger charge is 2.18. The van der Waals surface area contributed by atoms with Gasteiger partial charge in [0.2, 0.25) is 0 Å². The number of carbonyl (C=O) groups excluding carboxylic acids is 1. The molecule has 3 nitrogen and oxygen atoms in total. The molecule has 0 fully saturated rings. The van der Waals surface area contributed by atoms with Crippen molar-refractivity contribution < 1.29 is 9.53 Å². The first-order chi connectivity index (χ1) is 12.9. The molecule has 0 aromatic heterocycles. The van der Waals surface area contributed by atoms with Gasteiger partial charge >= 0.3 is 0 Å². The lowest BCUT2D eigenvalue weighted by Crippen LogP contribution is -2.39. The van der Waals surface area contributed by atoms with E-state index < -0.39 is 6.10 Å². The number of nitrogens with one attached hydrogen (secondary N) is 1. The third kappa shape index (κ3) is 6.63. The van der Waals surface area contributed by atoms with Crippen molar-refractivity contribution in [2.45, 2.75) is 39.0 Å². The zero-order valence-corrected chi connectivity index (χ0v) is 18.2. The molecular formula is C21H25Cl2NO2S. The largest absolute Gasteiger partial charge is 0.481 e. The summed E-state index contributed by atoms with van der Waals surface area (Å²) in [5, 5.41) is 4.29. The van der Waals surface area contributed by atoms with Crippen LogP contribution in [0.2, 0.25) is 10.0 Å². The number of aryl methyl sites for hydroxylation is 2. The first-order valence-electron chi connectivity index (χ1n) is 8.94. The summed E-state index contributed by atoms with van der Waals surface area (Å²) in [5.74, 6) is 2.12. The van der Waals surface area contributed by atoms with Gasteiger partial charge in [0.05, 0.1) is 0 Å². The Morgan fingerprint density at radius 3 is 2.48 bits per heavy atom. The minimum absolute atomic E-state index is 0.0906. The average molecular weight is 426 g/mol. The fourth-order valence-corrected chi connectivity index (χ4v) is 4.07. The monoisotopic (exact) mass is 425 g/mol. The lowest BCUT2D eigenvalue weighted by molar-refractivity contribution is -0.127. The normalized spacial score (nSPS) is 11.9. The van der Waals surface area contributed by atoms with Crippen LogP contribution in [-0.2, 0) is 10.5 Å². The van der Waals surface area contributed by atoms with Gasteiger partial charge < -0.3 is 10.1 Å². The third-order valence-corrected chi connectivity index (χ3v) is 5.97. The number of hydrogen-bond donors (Lipinski definition) is 1. The van der Waals surface area contributed by atoms with Crippen molar-refractivity contribution in [3.63, 3.8) is 0 Å². The molecule has 2 aromatic carbocycles. The van der Waals surface area contributed by atoms with Gasteiger partial charge in [-0.2, -0.15) is 11.8 Å². The summed E-state index contributed by atoms with van der Waals surface area (Å²) in [5.41, 5.74) is 3.29. The minimum Gasteiger partial charge on any atom is -0.481 e. The van der Waals surface area contributed by atoms with Crippen LogP contribution in [-0.4, -0.2) is 24.3 Å². The number of benzene rings is 2. The summed E-state index contributed by atoms with van der Waals surface area (Å²) < 4.78 is 5.87. The number of halogens is 2. The molecule has 0 aliphatic rings. The molecule has 0 unspecified atom stereocenters. The van der Waals surface area contributed by atoms with Gasteiger partial charge in [0.15, 0.2) is 6.10 Å². The number of amides is 1. The lowest BCUT2D eigenvalue weighted by atomic mass is 10.1. The second-order valence-corrected chi connectivity index (χ2v) is 8.22. The van der Waals surface area contributed by atoms with Crippen LogP contribution in [0.4, 0.5) is 0 Å². The van der Waals surface area contributed by atoms with Crippen LogP contribution in [0.3, 0.4) is 0 Å². The number of hydrogen-bond acceptors (Lipinski definition) is 3. The standard InChI is InChI=1S/C21H25Cl2NO2S/c1-4-20(26-16-9-8-14(2)15(3)12-16)21(25)24-10-11-27-13-17-18(22)6-5-7-19(17)23/h5-9,12,20H,4,10-11,13H2,1-3H3,(H,24,25)/t20-/m0/s1. The Morgan fingerprint density at radius 2 is 1.85 bits per heavy atom. The summed E-state index contributed by atoms with van der Waals surface area (Å²) in [6.07, 6.45) is 0.122. The molecular weight excluding hydrogens is 401 g/mol. The fourth-order valence-electron chi connectivity index (χ4n) is 2.48. The SMILES string of the molecule is CC[C@H](Oc1ccc(C)c(C)c1)C(=O)NCCSCc1c(Cl)cccc1Cl. The number of ether oxygens (including phenoxy) is 1. The van der Waals surface area contributed by atoms with Gasteiger partial charge in [-0.05, 0) is 61.2 Å². The smallest absolute Gasteiger partial charge is 0.261 e. The quantitative estimate of drug-likeness (QED) is 0.514. The molecule has 0 bridgehead atoms. The summed E-state index contributed by atoms with van der Waals surface area (Å²) in [6, 6.07) is 11.4. The summed E-state index contributed by atoms with van der Waals surface area (Å²) in [6.45, 7) is 6.60. The van der Waals surface area contributed by atoms with Crippen LogP contribution < -0.4 is 10.1 Å². The minimum atomic E-state index is -0.491. The maximum Gasteiger partial charge on any atom is 0.261 e. The topological polar surface area (TPSA) is 38.3 Å². The molecule has 146 valence electrons. The summed E-state index contributed by atoms with van der Waals surface area (Å²) in [4.78, 5) is 12.4. The molecule has 0 heterocycles. The van der Waals surface area contributed by atoms with Crippen LogP contribution >= 0.6 is 35.0 Å². The highest BCUT2D eigenvalue weighted by molar-refractivity contribution is 7.98. The van der Waals surface area contributed by atoms with E-state index in [-0.39, 0.29) is 5.91 Å². The fraction of sp³-hybridized carbons (Fsp3) is 0.381. The van der Waals surface area contributed by atoms with Crippen LogP contribution in [0, 0.1) is 13.8 Å². The first kappa shape index (κ1) is 21.9. The Morgan fingerprint density at radius 1 is 1.15 bits per heavy atom. The highest BCUT2D eigenvalue weighted by Crippen LogP contribution is 2.28. The van der Waals surface area contributed by atoms with Crippen LogP contribution in [0.15, 0.2) is 36.4 Å². The van der Waals surface area contributed by atoms with Gasteiger partial charge in [0.1, 0.15) is 5.75 Å². The van der Waals surface area contributed by atoms with E-state index in [0.29, 0.717) is 28.8 Å². The molecule has 0 radical (unpaired) electrons. The van der Waals surface area contributed by atoms with Gasteiger partial charge in [-0.3, -0.25) is 4.79 Å². The number of rotatable bonds is 9. The van der Waals surface area contributed by atoms with E-state index in [1.807, 2.05) is 50.2 Å². The van der Waals surface area contributed by atoms with Crippen molar-refractivity contribution in [3.8, 4) is 5.75 Å². The molecule has 0 aliphatic heterocycles. The molecule has 1 N–H and O–H groups in total. The van der Waals surface area contributed by atoms with E-state index in [1.54, 1.807) is 11.8 Å². The molecule has 0 saturated heterocycles. The second-order valence-electron chi connectivity index (χ2n) is 6.30. The Kier molecular flexibility index (Phi) is 8.81. The van der Waals surface area contributed by atoms with Crippen LogP contribution in [0.5, 0.6) is 5.75 Å². The second kappa shape index (κ2) is 10.8. The van der Waals surface area contributed by atoms with E-state index >= 15 is 0 Å². The first-order valence-corrected chi connectivity index (χ1v) is 10.9. The molecule has 0 saturated carbocycles. The molecule has 1 amide bonds. The van der Waals surface area contributed by atoms with Gasteiger partial charge in [-0.25, -0.2) is 0 Å². The molecule has 2 aromatic rings. The van der Waals surface area contributed by atoms with Crippen molar-refractivity contribution in [2.75, 3.05) is 12.3 Å². The Bertz CT molecular complexity index is 763. The van der Waals surface area contributed by atoms with Crippen molar-refractivity contribution in [3.05, 3.63) is 63.1 Å². The zero-order valence-electron chi connectivity index (χ0n) is 15.9. The van der Waals surface area contributed by atoms with E-state index in [0.717, 1.165) is 22.6 Å². The number of thioether (sulfide) groups is 1. The maximum absolute atomic E-state index is 12.4. The van der Waals surface area contributed by atoms with E-state index in [9.17, 15) is 4.79 Å². The predicted molar refractivity (Wildman–Crippen MR) is 116 cm³/mol. The molecule has 0 aliphatic carbocycles. The van der Waals surface area contributed by atoms with Crippen LogP contribution in [0.25, 0.3) is 0 Å². The van der Waals surface area contributed by atoms with E-state index in [2.05, 4.69) is 12.2 Å². The Labute approximate surface area is 175 Å². The molecule has 27 heavy (non-hydrogen) atoms.